The van der Waals surface area contributed by atoms with Gasteiger partial charge in [-0.3, -0.25) is 4.79 Å². The van der Waals surface area contributed by atoms with Gasteiger partial charge >= 0.3 is 0 Å². The zero-order chi connectivity index (χ0) is 20.5. The van der Waals surface area contributed by atoms with Gasteiger partial charge in [0.25, 0.3) is 0 Å². The molecule has 0 bridgehead atoms. The van der Waals surface area contributed by atoms with Gasteiger partial charge in [0.2, 0.25) is 5.91 Å². The second-order valence-electron chi connectivity index (χ2n) is 6.75. The minimum atomic E-state index is -0.137. The minimum Gasteiger partial charge on any atom is -0.497 e. The molecule has 2 aromatic carbocycles. The first-order chi connectivity index (χ1) is 14.2. The van der Waals surface area contributed by atoms with Crippen LogP contribution in [0.2, 0.25) is 0 Å². The van der Waals surface area contributed by atoms with Crippen LogP contribution in [0.5, 0.6) is 11.5 Å². The number of methoxy groups -OCH3 is 1. The number of nitrogens with one attached hydrogen (secondary N) is 3. The maximum absolute atomic E-state index is 12.1. The minimum absolute atomic E-state index is 0. The summed E-state index contributed by atoms with van der Waals surface area (Å²) in [5.74, 6) is 2.20. The number of para-hydroxylation sites is 1. The third-order valence-electron chi connectivity index (χ3n) is 4.58. The number of fused-ring (bicyclic) bond motifs is 1. The summed E-state index contributed by atoms with van der Waals surface area (Å²) in [4.78, 5) is 16.5. The molecule has 0 fully saturated rings. The maximum atomic E-state index is 12.1. The van der Waals surface area contributed by atoms with Crippen LogP contribution in [0.1, 0.15) is 18.1 Å². The standard InChI is InChI=1S/C22H28N4O3.HI/c1-3-23-22(25-14-19-12-17-6-4-5-7-20(17)29-19)26-15-21(27)24-13-16-8-10-18(28-2)11-9-16;/h4-11,19H,3,12-15H2,1-2H3,(H,24,27)(H2,23,25,26);1H. The number of aliphatic imine (C=N–C) groups is 1. The van der Waals surface area contributed by atoms with E-state index in [1.165, 1.54) is 5.56 Å². The predicted octanol–water partition coefficient (Wildman–Crippen LogP) is 2.49. The summed E-state index contributed by atoms with van der Waals surface area (Å²) in [5.41, 5.74) is 2.23. The van der Waals surface area contributed by atoms with Gasteiger partial charge in [-0.15, -0.1) is 24.0 Å². The number of guanidine groups is 1. The Bertz CT molecular complexity index is 818. The zero-order valence-electron chi connectivity index (χ0n) is 17.3. The van der Waals surface area contributed by atoms with Gasteiger partial charge in [-0.1, -0.05) is 30.3 Å². The van der Waals surface area contributed by atoms with Crippen molar-refractivity contribution in [2.24, 2.45) is 4.99 Å². The number of hydrogen-bond acceptors (Lipinski definition) is 4. The summed E-state index contributed by atoms with van der Waals surface area (Å²) < 4.78 is 11.1. The lowest BCUT2D eigenvalue weighted by Crippen LogP contribution is -2.43. The van der Waals surface area contributed by atoms with E-state index in [1.54, 1.807) is 7.11 Å². The topological polar surface area (TPSA) is 84.0 Å². The molecule has 1 unspecified atom stereocenters. The molecule has 1 atom stereocenters. The predicted molar refractivity (Wildman–Crippen MR) is 129 cm³/mol. The molecule has 3 rings (SSSR count). The Morgan fingerprint density at radius 1 is 1.13 bits per heavy atom. The molecule has 0 saturated carbocycles. The Balaban J connectivity index is 0.00000320. The zero-order valence-corrected chi connectivity index (χ0v) is 19.6. The van der Waals surface area contributed by atoms with Crippen molar-refractivity contribution in [3.05, 3.63) is 59.7 Å². The van der Waals surface area contributed by atoms with E-state index in [1.807, 2.05) is 49.4 Å². The summed E-state index contributed by atoms with van der Waals surface area (Å²) in [6, 6.07) is 15.7. The Morgan fingerprint density at radius 3 is 2.60 bits per heavy atom. The van der Waals surface area contributed by atoms with E-state index in [2.05, 4.69) is 27.0 Å². The van der Waals surface area contributed by atoms with E-state index in [0.29, 0.717) is 25.6 Å². The fraction of sp³-hybridized carbons (Fsp3) is 0.364. The number of rotatable bonds is 8. The third kappa shape index (κ3) is 7.08. The SMILES string of the molecule is CCNC(=NCC(=O)NCc1ccc(OC)cc1)NCC1Cc2ccccc2O1.I. The van der Waals surface area contributed by atoms with Crippen LogP contribution in [0.25, 0.3) is 0 Å². The van der Waals surface area contributed by atoms with Crippen LogP contribution in [0.3, 0.4) is 0 Å². The number of hydrogen-bond donors (Lipinski definition) is 3. The molecule has 1 amide bonds. The molecule has 1 aliphatic heterocycles. The van der Waals surface area contributed by atoms with Gasteiger partial charge in [0, 0.05) is 19.5 Å². The first-order valence-corrected chi connectivity index (χ1v) is 9.84. The van der Waals surface area contributed by atoms with Crippen LogP contribution in [-0.2, 0) is 17.8 Å². The molecule has 0 saturated heterocycles. The summed E-state index contributed by atoms with van der Waals surface area (Å²) in [5, 5.41) is 9.29. The first kappa shape index (κ1) is 23.8. The Labute approximate surface area is 194 Å². The largest absolute Gasteiger partial charge is 0.497 e. The number of carbonyl (C=O) groups is 1. The highest BCUT2D eigenvalue weighted by Crippen LogP contribution is 2.27. The quantitative estimate of drug-likeness (QED) is 0.281. The lowest BCUT2D eigenvalue weighted by atomic mass is 10.1. The molecule has 2 aromatic rings. The molecule has 1 aliphatic rings. The number of benzene rings is 2. The molecule has 0 aliphatic carbocycles. The van der Waals surface area contributed by atoms with Gasteiger partial charge in [0.15, 0.2) is 5.96 Å². The lowest BCUT2D eigenvalue weighted by Gasteiger charge is -2.15. The Hall–Kier alpha value is -2.49. The van der Waals surface area contributed by atoms with Crippen LogP contribution in [0.4, 0.5) is 0 Å². The molecule has 0 aromatic heterocycles. The van der Waals surface area contributed by atoms with Crippen molar-refractivity contribution < 1.29 is 14.3 Å². The summed E-state index contributed by atoms with van der Waals surface area (Å²) >= 11 is 0. The van der Waals surface area contributed by atoms with E-state index < -0.39 is 0 Å². The molecule has 162 valence electrons. The fourth-order valence-corrected chi connectivity index (χ4v) is 3.07. The Morgan fingerprint density at radius 2 is 1.90 bits per heavy atom. The molecule has 1 heterocycles. The number of amides is 1. The van der Waals surface area contributed by atoms with Crippen LogP contribution in [0, 0.1) is 0 Å². The van der Waals surface area contributed by atoms with E-state index in [-0.39, 0.29) is 42.5 Å². The van der Waals surface area contributed by atoms with Crippen LogP contribution in [-0.4, -0.2) is 44.7 Å². The van der Waals surface area contributed by atoms with Crippen LogP contribution < -0.4 is 25.4 Å². The number of ether oxygens (including phenoxy) is 2. The van der Waals surface area contributed by atoms with Crippen molar-refractivity contribution in [2.45, 2.75) is 26.0 Å². The summed E-state index contributed by atoms with van der Waals surface area (Å²) in [7, 11) is 1.63. The van der Waals surface area contributed by atoms with Crippen molar-refractivity contribution in [3.8, 4) is 11.5 Å². The van der Waals surface area contributed by atoms with Gasteiger partial charge in [0.05, 0.1) is 13.7 Å². The summed E-state index contributed by atoms with van der Waals surface area (Å²) in [6.07, 6.45) is 0.922. The van der Waals surface area contributed by atoms with Crippen LogP contribution >= 0.6 is 24.0 Å². The highest BCUT2D eigenvalue weighted by molar-refractivity contribution is 14.0. The molecule has 3 N–H and O–H groups in total. The monoisotopic (exact) mass is 524 g/mol. The van der Waals surface area contributed by atoms with Gasteiger partial charge in [-0.05, 0) is 36.2 Å². The molecule has 0 radical (unpaired) electrons. The van der Waals surface area contributed by atoms with Gasteiger partial charge in [-0.2, -0.15) is 0 Å². The lowest BCUT2D eigenvalue weighted by molar-refractivity contribution is -0.119. The number of carbonyl (C=O) groups excluding carboxylic acids is 1. The van der Waals surface area contributed by atoms with Crippen LogP contribution in [0.15, 0.2) is 53.5 Å². The molecule has 8 heteroatoms. The summed E-state index contributed by atoms with van der Waals surface area (Å²) in [6.45, 7) is 3.83. The molecule has 30 heavy (non-hydrogen) atoms. The average Bonchev–Trinajstić information content (AvgIpc) is 3.17. The molecular weight excluding hydrogens is 495 g/mol. The van der Waals surface area contributed by atoms with Crippen molar-refractivity contribution >= 4 is 35.8 Å². The van der Waals surface area contributed by atoms with E-state index >= 15 is 0 Å². The first-order valence-electron chi connectivity index (χ1n) is 9.84. The smallest absolute Gasteiger partial charge is 0.242 e. The second-order valence-corrected chi connectivity index (χ2v) is 6.75. The van der Waals surface area contributed by atoms with Crippen molar-refractivity contribution in [3.63, 3.8) is 0 Å². The molecule has 0 spiro atoms. The average molecular weight is 524 g/mol. The van der Waals surface area contributed by atoms with E-state index in [4.69, 9.17) is 9.47 Å². The van der Waals surface area contributed by atoms with E-state index in [9.17, 15) is 4.79 Å². The normalized spacial score (nSPS) is 14.7. The van der Waals surface area contributed by atoms with Crippen molar-refractivity contribution in [2.75, 3.05) is 26.7 Å². The maximum Gasteiger partial charge on any atom is 0.242 e. The highest BCUT2D eigenvalue weighted by atomic mass is 127. The van der Waals surface area contributed by atoms with Gasteiger partial charge < -0.3 is 25.4 Å². The molecule has 7 nitrogen and oxygen atoms in total. The fourth-order valence-electron chi connectivity index (χ4n) is 3.07. The molecular formula is C22H29IN4O3. The number of nitrogens with zero attached hydrogens (tertiary/aromatic N) is 1. The van der Waals surface area contributed by atoms with Crippen molar-refractivity contribution in [1.82, 2.24) is 16.0 Å². The number of halogens is 1. The van der Waals surface area contributed by atoms with Crippen molar-refractivity contribution in [1.29, 1.82) is 0 Å². The van der Waals surface area contributed by atoms with Gasteiger partial charge in [0.1, 0.15) is 24.1 Å². The second kappa shape index (κ2) is 12.3. The van der Waals surface area contributed by atoms with Gasteiger partial charge in [-0.25, -0.2) is 4.99 Å². The third-order valence-corrected chi connectivity index (χ3v) is 4.58. The van der Waals surface area contributed by atoms with E-state index in [0.717, 1.165) is 23.5 Å². The Kier molecular flexibility index (Phi) is 9.72. The highest BCUT2D eigenvalue weighted by Gasteiger charge is 2.22.